The van der Waals surface area contributed by atoms with E-state index in [0.717, 1.165) is 0 Å². The molecule has 0 atom stereocenters. The maximum absolute atomic E-state index is 6.32. The molecule has 4 aliphatic rings. The van der Waals surface area contributed by atoms with Gasteiger partial charge in [0.05, 0.1) is 0 Å². The van der Waals surface area contributed by atoms with Gasteiger partial charge in [-0.25, -0.2) is 0 Å². The predicted molar refractivity (Wildman–Crippen MR) is 153 cm³/mol. The Balaban J connectivity index is 0.000000132. The van der Waals surface area contributed by atoms with E-state index >= 15 is 0 Å². The minimum absolute atomic E-state index is 0.889. The van der Waals surface area contributed by atoms with Crippen molar-refractivity contribution in [2.24, 2.45) is 0 Å². The van der Waals surface area contributed by atoms with Gasteiger partial charge in [0.2, 0.25) is 0 Å². The van der Waals surface area contributed by atoms with Crippen molar-refractivity contribution in [3.8, 4) is 22.3 Å². The van der Waals surface area contributed by atoms with Crippen LogP contribution in [-0.4, -0.2) is 5.43 Å². The number of benzene rings is 2. The molecule has 0 spiro atoms. The van der Waals surface area contributed by atoms with Gasteiger partial charge in [-0.1, -0.05) is 24.3 Å². The van der Waals surface area contributed by atoms with E-state index in [1.54, 1.807) is 0 Å². The molecule has 0 saturated carbocycles. The molecule has 0 radical (unpaired) electrons. The normalized spacial score (nSPS) is 9.94. The zero-order valence-electron chi connectivity index (χ0n) is 19.6. The molecule has 0 aromatic heterocycles. The second-order valence-corrected chi connectivity index (χ2v) is 27.1. The van der Waals surface area contributed by atoms with Crippen molar-refractivity contribution in [3.05, 3.63) is 158 Å². The van der Waals surface area contributed by atoms with Crippen molar-refractivity contribution >= 4 is 32.8 Å². The third-order valence-corrected chi connectivity index (χ3v) is 21.4. The number of rotatable bonds is 2. The summed E-state index contributed by atoms with van der Waals surface area (Å²) in [7, 11) is 12.6. The van der Waals surface area contributed by atoms with Crippen LogP contribution in [0, 0.1) is 12.1 Å². The summed E-state index contributed by atoms with van der Waals surface area (Å²) in [6.45, 7) is 0. The zero-order valence-corrected chi connectivity index (χ0v) is 24.6. The molecule has 0 N–H and O–H groups in total. The number of fused-ring (bicyclic) bond motifs is 2. The maximum Gasteiger partial charge on any atom is -0.0723 e. The topological polar surface area (TPSA) is 0 Å². The molecule has 0 amide bonds. The first-order valence-electron chi connectivity index (χ1n) is 11.6. The molecule has 0 fully saturated rings. The van der Waals surface area contributed by atoms with Crippen LogP contribution < -0.4 is 10.4 Å². The van der Waals surface area contributed by atoms with Crippen molar-refractivity contribution in [1.82, 2.24) is 0 Å². The molecule has 2 aromatic carbocycles. The van der Waals surface area contributed by atoms with Gasteiger partial charge < -0.3 is 0 Å². The summed E-state index contributed by atoms with van der Waals surface area (Å²) in [6.07, 6.45) is 0. The van der Waals surface area contributed by atoms with E-state index in [1.165, 1.54) is 32.6 Å². The molecule has 0 bridgehead atoms. The van der Waals surface area contributed by atoms with Gasteiger partial charge in [-0.3, -0.25) is 0 Å². The van der Waals surface area contributed by atoms with E-state index in [9.17, 15) is 0 Å². The molecule has 0 heterocycles. The number of hydrogen-bond acceptors (Lipinski definition) is 0. The predicted octanol–water partition coefficient (Wildman–Crippen LogP) is 7.90. The summed E-state index contributed by atoms with van der Waals surface area (Å²) < 4.78 is 0. The summed E-state index contributed by atoms with van der Waals surface area (Å²) in [6, 6.07) is 55.7. The average molecular weight is 599 g/mol. The van der Waals surface area contributed by atoms with Crippen LogP contribution in [0.15, 0.2) is 146 Å². The van der Waals surface area contributed by atoms with E-state index in [0.29, 0.717) is 0 Å². The number of hydrogen-bond donors (Lipinski definition) is 0. The molecule has 2 aromatic rings. The van der Waals surface area contributed by atoms with Gasteiger partial charge in [0.15, 0.2) is 0 Å². The second-order valence-electron chi connectivity index (χ2n) is 7.88. The Morgan fingerprint density at radius 2 is 0.806 bits per heavy atom. The van der Waals surface area contributed by atoms with Crippen molar-refractivity contribution in [2.75, 3.05) is 0 Å². The van der Waals surface area contributed by atoms with Gasteiger partial charge in [0.1, 0.15) is 0 Å². The van der Waals surface area contributed by atoms with Crippen LogP contribution in [0.1, 0.15) is 0 Å². The molecule has 6 rings (SSSR count). The minimum atomic E-state index is -2.26. The Bertz CT molecular complexity index is 1290. The Labute approximate surface area is 229 Å². The van der Waals surface area contributed by atoms with Crippen molar-refractivity contribution in [3.63, 3.8) is 0 Å². The average Bonchev–Trinajstić information content (AvgIpc) is 3.42. The molecule has 36 heavy (non-hydrogen) atoms. The fourth-order valence-corrected chi connectivity index (χ4v) is 19.0. The smallest absolute Gasteiger partial charge is 0.0723 e. The monoisotopic (exact) mass is 596 g/mol. The molecular weight excluding hydrogens is 575 g/mol. The van der Waals surface area contributed by atoms with Gasteiger partial charge in [-0.05, 0) is 0 Å². The van der Waals surface area contributed by atoms with Gasteiger partial charge in [0.25, 0.3) is 0 Å². The maximum atomic E-state index is 6.32. The Morgan fingerprint density at radius 1 is 0.444 bits per heavy atom. The first kappa shape index (κ1) is 26.6. The van der Waals surface area contributed by atoms with Crippen LogP contribution >= 0.6 is 17.0 Å². The standard InChI is InChI=1S/C12H10Si.2C10H7.2ClH.Zr/c1-3-7-11(8-4-1)13-12-9-5-2-6-10-12;2*1-2-5-9-7-4-8-10(9)6-3-1;;;/h1-10H;2*1-7H;2*1H;/q;2*-1;;;+2/p-2. The van der Waals surface area contributed by atoms with Crippen LogP contribution in [0.25, 0.3) is 22.3 Å². The summed E-state index contributed by atoms with van der Waals surface area (Å²) >= 11 is -2.26. The fraction of sp³-hybridized carbons (Fsp3) is 0. The van der Waals surface area contributed by atoms with Gasteiger partial charge in [-0.2, -0.15) is 35.4 Å². The fourth-order valence-electron chi connectivity index (χ4n) is 3.71. The van der Waals surface area contributed by atoms with E-state index in [4.69, 9.17) is 17.0 Å². The summed E-state index contributed by atoms with van der Waals surface area (Å²) in [4.78, 5) is 0. The molecule has 176 valence electrons. The second kappa shape index (κ2) is 14.3. The molecule has 4 heteroatoms. The zero-order chi connectivity index (χ0) is 25.0. The van der Waals surface area contributed by atoms with Crippen LogP contribution in [0.4, 0.5) is 0 Å². The molecule has 4 aliphatic carbocycles. The third kappa shape index (κ3) is 7.76. The summed E-state index contributed by atoms with van der Waals surface area (Å²) in [5.41, 5.74) is 3.99. The van der Waals surface area contributed by atoms with E-state index in [-0.39, 0.29) is 0 Å². The minimum Gasteiger partial charge on any atom is -0.168 e. The van der Waals surface area contributed by atoms with Gasteiger partial charge >= 0.3 is 111 Å². The third-order valence-electron chi connectivity index (χ3n) is 5.46. The van der Waals surface area contributed by atoms with Crippen LogP contribution in [0.3, 0.4) is 0 Å². The molecule has 0 nitrogen and oxygen atoms in total. The van der Waals surface area contributed by atoms with Crippen molar-refractivity contribution < 1.29 is 18.0 Å². The van der Waals surface area contributed by atoms with Gasteiger partial charge in [-0.15, -0.1) is 59.7 Å². The molecule has 0 unspecified atom stereocenters. The summed E-state index contributed by atoms with van der Waals surface area (Å²) in [5.74, 6) is 0. The van der Waals surface area contributed by atoms with Gasteiger partial charge in [0, 0.05) is 0 Å². The van der Waals surface area contributed by atoms with Crippen LogP contribution in [-0.2, 0) is 18.0 Å². The Kier molecular flexibility index (Phi) is 10.6. The van der Waals surface area contributed by atoms with E-state index < -0.39 is 23.4 Å². The van der Waals surface area contributed by atoms with Crippen molar-refractivity contribution in [2.45, 2.75) is 0 Å². The van der Waals surface area contributed by atoms with Crippen LogP contribution in [0.5, 0.6) is 0 Å². The largest absolute Gasteiger partial charge is 0.168 e. The Morgan fingerprint density at radius 3 is 1.19 bits per heavy atom. The SMILES string of the molecule is [Cl][Zr]([Cl])=[Si](c1ccccc1)c1ccccc1.[c-]1ccc2cccccc1-2.[c-]1ccc2cccccc1-2. The Hall–Kier alpha value is -2.48. The van der Waals surface area contributed by atoms with Crippen LogP contribution in [0.2, 0.25) is 0 Å². The molecule has 0 saturated heterocycles. The van der Waals surface area contributed by atoms with E-state index in [2.05, 4.69) is 97.1 Å². The first-order valence-corrected chi connectivity index (χ1v) is 23.1. The summed E-state index contributed by atoms with van der Waals surface area (Å²) in [5, 5.41) is 2.66. The number of halogens is 2. The molecular formula is C32H24Cl2SiZr-2. The first-order chi connectivity index (χ1) is 17.7. The quantitative estimate of drug-likeness (QED) is 0.140. The van der Waals surface area contributed by atoms with E-state index in [1.807, 2.05) is 60.7 Å². The molecule has 0 aliphatic heterocycles. The van der Waals surface area contributed by atoms with Crippen molar-refractivity contribution in [1.29, 1.82) is 0 Å².